The molecular weight excluding hydrogens is 310 g/mol. The minimum atomic E-state index is -0.581. The van der Waals surface area contributed by atoms with Crippen LogP contribution >= 0.6 is 0 Å². The maximum atomic E-state index is 12.0. The summed E-state index contributed by atoms with van der Waals surface area (Å²) in [6.45, 7) is 3.81. The van der Waals surface area contributed by atoms with Gasteiger partial charge in [-0.3, -0.25) is 9.59 Å². The summed E-state index contributed by atoms with van der Waals surface area (Å²) in [6, 6.07) is 6.40. The van der Waals surface area contributed by atoms with Crippen LogP contribution in [0.2, 0.25) is 0 Å². The molecule has 0 spiro atoms. The van der Waals surface area contributed by atoms with Crippen LogP contribution in [-0.2, 0) is 14.3 Å². The van der Waals surface area contributed by atoms with E-state index >= 15 is 0 Å². The molecule has 3 N–H and O–H groups in total. The van der Waals surface area contributed by atoms with Gasteiger partial charge in [-0.1, -0.05) is 6.42 Å². The van der Waals surface area contributed by atoms with Crippen molar-refractivity contribution in [2.75, 3.05) is 23.8 Å². The Labute approximate surface area is 141 Å². The second kappa shape index (κ2) is 7.81. The van der Waals surface area contributed by atoms with E-state index < -0.39 is 5.41 Å². The molecule has 1 aliphatic rings. The van der Waals surface area contributed by atoms with E-state index in [0.717, 1.165) is 19.3 Å². The van der Waals surface area contributed by atoms with Crippen molar-refractivity contribution in [1.82, 2.24) is 5.32 Å². The van der Waals surface area contributed by atoms with Gasteiger partial charge in [-0.2, -0.15) is 0 Å². The van der Waals surface area contributed by atoms with Crippen LogP contribution in [0.5, 0.6) is 0 Å². The largest absolute Gasteiger partial charge is 0.466 e. The lowest BCUT2D eigenvalue weighted by Crippen LogP contribution is -2.49. The predicted molar refractivity (Wildman–Crippen MR) is 90.7 cm³/mol. The Bertz CT molecular complexity index is 609. The lowest BCUT2D eigenvalue weighted by molar-refractivity contribution is -0.160. The number of hydrogen-bond donors (Lipinski definition) is 3. The minimum absolute atomic E-state index is 0.154. The summed E-state index contributed by atoms with van der Waals surface area (Å²) in [6.07, 6.45) is 2.43. The number of benzene rings is 1. The first-order chi connectivity index (χ1) is 11.4. The number of anilines is 2. The smallest absolute Gasteiger partial charge is 0.319 e. The highest BCUT2D eigenvalue weighted by molar-refractivity contribution is 5.91. The van der Waals surface area contributed by atoms with Crippen molar-refractivity contribution in [3.05, 3.63) is 24.3 Å². The number of amides is 3. The molecular formula is C17H23N3O4. The third-order valence-corrected chi connectivity index (χ3v) is 4.07. The topological polar surface area (TPSA) is 96.5 Å². The van der Waals surface area contributed by atoms with Crippen LogP contribution in [-0.4, -0.2) is 31.1 Å². The molecule has 0 saturated heterocycles. The standard InChI is InChI=1S/C17H23N3O4/c1-3-24-15(22)17(9-4-10-17)11-18-16(23)20-14-7-5-13(6-8-14)19-12(2)21/h5-8H,3-4,9-11H2,1-2H3,(H,19,21)(H2,18,20,23). The first kappa shape index (κ1) is 17.8. The van der Waals surface area contributed by atoms with Crippen LogP contribution in [0.3, 0.4) is 0 Å². The Morgan fingerprint density at radius 2 is 1.67 bits per heavy atom. The van der Waals surface area contributed by atoms with Gasteiger partial charge in [0.25, 0.3) is 0 Å². The van der Waals surface area contributed by atoms with Gasteiger partial charge in [-0.25, -0.2) is 4.79 Å². The fourth-order valence-corrected chi connectivity index (χ4v) is 2.61. The molecule has 1 saturated carbocycles. The molecule has 130 valence electrons. The molecule has 0 aliphatic heterocycles. The van der Waals surface area contributed by atoms with Gasteiger partial charge in [-0.15, -0.1) is 0 Å². The van der Waals surface area contributed by atoms with Gasteiger partial charge in [0, 0.05) is 24.8 Å². The molecule has 0 heterocycles. The first-order valence-corrected chi connectivity index (χ1v) is 8.05. The number of carbonyl (C=O) groups excluding carboxylic acids is 3. The van der Waals surface area contributed by atoms with Crippen molar-refractivity contribution in [2.24, 2.45) is 5.41 Å². The van der Waals surface area contributed by atoms with Crippen LogP contribution in [0.1, 0.15) is 33.1 Å². The fraction of sp³-hybridized carbons (Fsp3) is 0.471. The quantitative estimate of drug-likeness (QED) is 0.697. The zero-order chi connectivity index (χ0) is 17.6. The minimum Gasteiger partial charge on any atom is -0.466 e. The molecule has 0 aromatic heterocycles. The van der Waals surface area contributed by atoms with Gasteiger partial charge in [0.1, 0.15) is 0 Å². The highest BCUT2D eigenvalue weighted by atomic mass is 16.5. The van der Waals surface area contributed by atoms with Gasteiger partial charge in [0.05, 0.1) is 12.0 Å². The maximum Gasteiger partial charge on any atom is 0.319 e. The Morgan fingerprint density at radius 3 is 2.12 bits per heavy atom. The fourth-order valence-electron chi connectivity index (χ4n) is 2.61. The van der Waals surface area contributed by atoms with Crippen molar-refractivity contribution in [1.29, 1.82) is 0 Å². The van der Waals surface area contributed by atoms with E-state index in [0.29, 0.717) is 18.0 Å². The average Bonchev–Trinajstić information content (AvgIpc) is 2.48. The third kappa shape index (κ3) is 4.47. The van der Waals surface area contributed by atoms with E-state index in [4.69, 9.17) is 4.74 Å². The molecule has 0 atom stereocenters. The Hall–Kier alpha value is -2.57. The number of nitrogens with one attached hydrogen (secondary N) is 3. The molecule has 2 rings (SSSR count). The highest BCUT2D eigenvalue weighted by Gasteiger charge is 2.45. The van der Waals surface area contributed by atoms with E-state index in [1.165, 1.54) is 6.92 Å². The summed E-state index contributed by atoms with van der Waals surface area (Å²) >= 11 is 0. The summed E-state index contributed by atoms with van der Waals surface area (Å²) in [4.78, 5) is 35.0. The Morgan fingerprint density at radius 1 is 1.08 bits per heavy atom. The lowest BCUT2D eigenvalue weighted by Gasteiger charge is -2.39. The summed E-state index contributed by atoms with van der Waals surface area (Å²) in [5.41, 5.74) is 0.674. The predicted octanol–water partition coefficient (Wildman–Crippen LogP) is 2.50. The Kier molecular flexibility index (Phi) is 5.78. The summed E-state index contributed by atoms with van der Waals surface area (Å²) in [5.74, 6) is -0.394. The lowest BCUT2D eigenvalue weighted by atomic mass is 9.68. The van der Waals surface area contributed by atoms with Crippen LogP contribution < -0.4 is 16.0 Å². The van der Waals surface area contributed by atoms with Gasteiger partial charge >= 0.3 is 12.0 Å². The van der Waals surface area contributed by atoms with Crippen molar-refractivity contribution < 1.29 is 19.1 Å². The van der Waals surface area contributed by atoms with Crippen molar-refractivity contribution >= 4 is 29.3 Å². The molecule has 0 unspecified atom stereocenters. The number of hydrogen-bond acceptors (Lipinski definition) is 4. The molecule has 7 heteroatoms. The van der Waals surface area contributed by atoms with Crippen molar-refractivity contribution in [2.45, 2.75) is 33.1 Å². The number of ether oxygens (including phenoxy) is 1. The molecule has 1 fully saturated rings. The monoisotopic (exact) mass is 333 g/mol. The van der Waals surface area contributed by atoms with Crippen molar-refractivity contribution in [3.8, 4) is 0 Å². The Balaban J connectivity index is 1.84. The number of carbonyl (C=O) groups is 3. The molecule has 0 bridgehead atoms. The van der Waals surface area contributed by atoms with Crippen LogP contribution in [0.15, 0.2) is 24.3 Å². The number of rotatable bonds is 6. The number of urea groups is 1. The molecule has 3 amide bonds. The molecule has 1 aromatic carbocycles. The summed E-state index contributed by atoms with van der Waals surface area (Å²) < 4.78 is 5.10. The van der Waals surface area contributed by atoms with Crippen LogP contribution in [0.4, 0.5) is 16.2 Å². The number of esters is 1. The normalized spacial score (nSPS) is 14.9. The van der Waals surface area contributed by atoms with E-state index in [1.54, 1.807) is 31.2 Å². The molecule has 0 radical (unpaired) electrons. The van der Waals surface area contributed by atoms with E-state index in [1.807, 2.05) is 0 Å². The van der Waals surface area contributed by atoms with Gasteiger partial charge < -0.3 is 20.7 Å². The highest BCUT2D eigenvalue weighted by Crippen LogP contribution is 2.41. The average molecular weight is 333 g/mol. The summed E-state index contributed by atoms with van der Waals surface area (Å²) in [5, 5.41) is 8.09. The SMILES string of the molecule is CCOC(=O)C1(CNC(=O)Nc2ccc(NC(C)=O)cc2)CCC1. The van der Waals surface area contributed by atoms with E-state index in [2.05, 4.69) is 16.0 Å². The first-order valence-electron chi connectivity index (χ1n) is 8.05. The molecule has 24 heavy (non-hydrogen) atoms. The molecule has 7 nitrogen and oxygen atoms in total. The van der Waals surface area contributed by atoms with Crippen LogP contribution in [0, 0.1) is 5.41 Å². The van der Waals surface area contributed by atoms with E-state index in [9.17, 15) is 14.4 Å². The van der Waals surface area contributed by atoms with Crippen molar-refractivity contribution in [3.63, 3.8) is 0 Å². The van der Waals surface area contributed by atoms with Gasteiger partial charge in [0.15, 0.2) is 0 Å². The van der Waals surface area contributed by atoms with Gasteiger partial charge in [0.2, 0.25) is 5.91 Å². The second-order valence-electron chi connectivity index (χ2n) is 5.92. The second-order valence-corrected chi connectivity index (χ2v) is 5.92. The maximum absolute atomic E-state index is 12.0. The third-order valence-electron chi connectivity index (χ3n) is 4.07. The summed E-state index contributed by atoms with van der Waals surface area (Å²) in [7, 11) is 0. The van der Waals surface area contributed by atoms with E-state index in [-0.39, 0.29) is 24.5 Å². The zero-order valence-electron chi connectivity index (χ0n) is 14.0. The molecule has 1 aliphatic carbocycles. The zero-order valence-corrected chi connectivity index (χ0v) is 14.0. The molecule has 1 aromatic rings. The van der Waals surface area contributed by atoms with Gasteiger partial charge in [-0.05, 0) is 44.0 Å². The van der Waals surface area contributed by atoms with Crippen LogP contribution in [0.25, 0.3) is 0 Å².